The smallest absolute Gasteiger partial charge is 0.262 e. The van der Waals surface area contributed by atoms with Crippen molar-refractivity contribution >= 4 is 28.4 Å². The molecule has 2 amide bonds. The Labute approximate surface area is 166 Å². The van der Waals surface area contributed by atoms with Gasteiger partial charge in [-0.3, -0.25) is 9.59 Å². The summed E-state index contributed by atoms with van der Waals surface area (Å²) in [4.78, 5) is 29.4. The number of nitrogens with zero attached hydrogens (tertiary/aromatic N) is 1. The molecule has 2 aliphatic heterocycles. The van der Waals surface area contributed by atoms with Gasteiger partial charge in [-0.2, -0.15) is 0 Å². The van der Waals surface area contributed by atoms with Crippen LogP contribution in [0.15, 0.2) is 42.6 Å². The van der Waals surface area contributed by atoms with Gasteiger partial charge in [-0.15, -0.1) is 0 Å². The number of ether oxygens (including phenoxy) is 1. The monoisotopic (exact) mass is 393 g/mol. The van der Waals surface area contributed by atoms with E-state index < -0.39 is 0 Å². The average Bonchev–Trinajstić information content (AvgIpc) is 3.15. The van der Waals surface area contributed by atoms with Gasteiger partial charge in [0.25, 0.3) is 11.8 Å². The molecule has 0 radical (unpaired) electrons. The summed E-state index contributed by atoms with van der Waals surface area (Å²) in [6.07, 6.45) is 3.65. The highest BCUT2D eigenvalue weighted by Crippen LogP contribution is 2.34. The second-order valence-electron chi connectivity index (χ2n) is 7.55. The van der Waals surface area contributed by atoms with Crippen LogP contribution in [0.2, 0.25) is 0 Å². The Morgan fingerprint density at radius 3 is 2.79 bits per heavy atom. The minimum absolute atomic E-state index is 0.00567. The number of fused-ring (bicyclic) bond motifs is 2. The van der Waals surface area contributed by atoms with Crippen molar-refractivity contribution in [3.05, 3.63) is 59.5 Å². The Balaban J connectivity index is 1.29. The molecule has 3 heterocycles. The van der Waals surface area contributed by atoms with Crippen molar-refractivity contribution in [2.45, 2.75) is 18.8 Å². The van der Waals surface area contributed by atoms with E-state index >= 15 is 0 Å². The van der Waals surface area contributed by atoms with Gasteiger partial charge >= 0.3 is 0 Å². The van der Waals surface area contributed by atoms with E-state index in [-0.39, 0.29) is 24.2 Å². The highest BCUT2D eigenvalue weighted by atomic mass is 19.1. The van der Waals surface area contributed by atoms with E-state index in [9.17, 15) is 14.0 Å². The largest absolute Gasteiger partial charge is 0.482 e. The normalized spacial score (nSPS) is 17.0. The van der Waals surface area contributed by atoms with E-state index in [1.165, 1.54) is 17.7 Å². The van der Waals surface area contributed by atoms with Crippen LogP contribution >= 0.6 is 0 Å². The summed E-state index contributed by atoms with van der Waals surface area (Å²) in [6, 6.07) is 9.94. The van der Waals surface area contributed by atoms with Crippen molar-refractivity contribution in [1.82, 2.24) is 9.88 Å². The minimum Gasteiger partial charge on any atom is -0.482 e. The molecule has 1 aromatic heterocycles. The van der Waals surface area contributed by atoms with E-state index in [0.29, 0.717) is 36.0 Å². The van der Waals surface area contributed by atoms with Gasteiger partial charge in [-0.25, -0.2) is 4.39 Å². The van der Waals surface area contributed by atoms with E-state index in [2.05, 4.69) is 10.3 Å². The molecule has 6 nitrogen and oxygen atoms in total. The molecule has 2 aromatic carbocycles. The lowest BCUT2D eigenvalue weighted by atomic mass is 9.89. The molecular weight excluding hydrogens is 373 g/mol. The molecule has 148 valence electrons. The molecule has 3 aromatic rings. The van der Waals surface area contributed by atoms with Gasteiger partial charge in [0.2, 0.25) is 0 Å². The molecule has 1 fully saturated rings. The number of hydrogen-bond donors (Lipinski definition) is 2. The van der Waals surface area contributed by atoms with Gasteiger partial charge in [0.15, 0.2) is 6.61 Å². The molecule has 1 saturated heterocycles. The van der Waals surface area contributed by atoms with Crippen LogP contribution < -0.4 is 10.1 Å². The van der Waals surface area contributed by atoms with Crippen LogP contribution in [0.3, 0.4) is 0 Å². The van der Waals surface area contributed by atoms with Gasteiger partial charge < -0.3 is 19.9 Å². The molecule has 5 rings (SSSR count). The summed E-state index contributed by atoms with van der Waals surface area (Å²) in [5.74, 6) is 0.386. The van der Waals surface area contributed by atoms with E-state index in [4.69, 9.17) is 4.74 Å². The lowest BCUT2D eigenvalue weighted by Gasteiger charge is -2.32. The quantitative estimate of drug-likeness (QED) is 0.698. The Hall–Kier alpha value is -3.35. The number of benzene rings is 2. The second-order valence-corrected chi connectivity index (χ2v) is 7.55. The molecule has 0 bridgehead atoms. The zero-order chi connectivity index (χ0) is 20.0. The van der Waals surface area contributed by atoms with Crippen molar-refractivity contribution in [2.24, 2.45) is 0 Å². The molecule has 7 heteroatoms. The number of nitrogens with one attached hydrogen (secondary N) is 2. The lowest BCUT2D eigenvalue weighted by molar-refractivity contribution is -0.118. The zero-order valence-electron chi connectivity index (χ0n) is 15.7. The predicted octanol–water partition coefficient (Wildman–Crippen LogP) is 3.66. The number of carbonyl (C=O) groups excluding carboxylic acids is 2. The average molecular weight is 393 g/mol. The lowest BCUT2D eigenvalue weighted by Crippen LogP contribution is -2.38. The zero-order valence-corrected chi connectivity index (χ0v) is 15.7. The Morgan fingerprint density at radius 1 is 1.14 bits per heavy atom. The number of rotatable bonds is 2. The van der Waals surface area contributed by atoms with Gasteiger partial charge in [0, 0.05) is 35.8 Å². The minimum atomic E-state index is -0.252. The number of halogens is 1. The number of piperidine rings is 1. The number of amides is 2. The van der Waals surface area contributed by atoms with Crippen LogP contribution in [-0.4, -0.2) is 41.4 Å². The van der Waals surface area contributed by atoms with Crippen LogP contribution in [0.4, 0.5) is 10.1 Å². The first kappa shape index (κ1) is 17.7. The Bertz CT molecular complexity index is 1120. The van der Waals surface area contributed by atoms with Gasteiger partial charge in [0.05, 0.1) is 5.69 Å². The summed E-state index contributed by atoms with van der Waals surface area (Å²) in [5, 5.41) is 3.78. The number of H-pyrrole nitrogens is 1. The van der Waals surface area contributed by atoms with Gasteiger partial charge in [-0.05, 0) is 60.7 Å². The predicted molar refractivity (Wildman–Crippen MR) is 107 cm³/mol. The highest BCUT2D eigenvalue weighted by Gasteiger charge is 2.27. The molecule has 2 N–H and O–H groups in total. The second kappa shape index (κ2) is 6.92. The standard InChI is InChI=1S/C22H20FN3O3/c23-15-2-3-16-17(11-24-18(16)10-15)13-5-7-26(8-6-13)22(28)14-1-4-20-19(9-14)25-21(27)12-29-20/h1-4,9-11,13,24H,5-8,12H2,(H,25,27). The molecule has 0 saturated carbocycles. The van der Waals surface area contributed by atoms with Crippen LogP contribution in [0, 0.1) is 5.82 Å². The van der Waals surface area contributed by atoms with Gasteiger partial charge in [-0.1, -0.05) is 0 Å². The first-order valence-electron chi connectivity index (χ1n) is 9.71. The topological polar surface area (TPSA) is 74.4 Å². The fourth-order valence-electron chi connectivity index (χ4n) is 4.25. The molecule has 0 unspecified atom stereocenters. The number of likely N-dealkylation sites (tertiary alicyclic amines) is 1. The summed E-state index contributed by atoms with van der Waals surface area (Å²) in [7, 11) is 0. The van der Waals surface area contributed by atoms with E-state index in [1.807, 2.05) is 17.2 Å². The molecule has 0 atom stereocenters. The fourth-order valence-corrected chi connectivity index (χ4v) is 4.25. The maximum absolute atomic E-state index is 13.4. The van der Waals surface area contributed by atoms with Crippen molar-refractivity contribution in [2.75, 3.05) is 25.0 Å². The summed E-state index contributed by atoms with van der Waals surface area (Å²) >= 11 is 0. The maximum atomic E-state index is 13.4. The van der Waals surface area contributed by atoms with Gasteiger partial charge in [0.1, 0.15) is 11.6 Å². The van der Waals surface area contributed by atoms with E-state index in [0.717, 1.165) is 23.7 Å². The van der Waals surface area contributed by atoms with Crippen LogP contribution in [0.25, 0.3) is 10.9 Å². The van der Waals surface area contributed by atoms with Crippen LogP contribution in [0.1, 0.15) is 34.7 Å². The summed E-state index contributed by atoms with van der Waals surface area (Å²) in [5.41, 5.74) is 3.06. The van der Waals surface area contributed by atoms with Crippen molar-refractivity contribution < 1.29 is 18.7 Å². The van der Waals surface area contributed by atoms with E-state index in [1.54, 1.807) is 18.2 Å². The van der Waals surface area contributed by atoms with Crippen molar-refractivity contribution in [3.63, 3.8) is 0 Å². The first-order chi connectivity index (χ1) is 14.1. The van der Waals surface area contributed by atoms with Crippen LogP contribution in [0.5, 0.6) is 5.75 Å². The Kier molecular flexibility index (Phi) is 4.23. The van der Waals surface area contributed by atoms with Crippen molar-refractivity contribution in [3.8, 4) is 5.75 Å². The summed E-state index contributed by atoms with van der Waals surface area (Å²) < 4.78 is 18.8. The van der Waals surface area contributed by atoms with Crippen molar-refractivity contribution in [1.29, 1.82) is 0 Å². The number of anilines is 1. The number of aromatic amines is 1. The third-order valence-electron chi connectivity index (χ3n) is 5.76. The molecule has 0 aliphatic carbocycles. The van der Waals surface area contributed by atoms with Crippen LogP contribution in [-0.2, 0) is 4.79 Å². The highest BCUT2D eigenvalue weighted by molar-refractivity contribution is 6.00. The molecule has 29 heavy (non-hydrogen) atoms. The number of aromatic nitrogens is 1. The molecule has 2 aliphatic rings. The third-order valence-corrected chi connectivity index (χ3v) is 5.76. The third kappa shape index (κ3) is 3.22. The maximum Gasteiger partial charge on any atom is 0.262 e. The number of hydrogen-bond acceptors (Lipinski definition) is 3. The first-order valence-corrected chi connectivity index (χ1v) is 9.71. The summed E-state index contributed by atoms with van der Waals surface area (Å²) in [6.45, 7) is 1.29. The molecular formula is C22H20FN3O3. The Morgan fingerprint density at radius 2 is 1.97 bits per heavy atom. The fraction of sp³-hybridized carbons (Fsp3) is 0.273. The SMILES string of the molecule is O=C1COc2ccc(C(=O)N3CCC(c4c[nH]c5cc(F)ccc45)CC3)cc2N1. The molecule has 0 spiro atoms. The number of carbonyl (C=O) groups is 2.